The van der Waals surface area contributed by atoms with Crippen LogP contribution in [0.2, 0.25) is 10.0 Å². The van der Waals surface area contributed by atoms with Crippen LogP contribution < -0.4 is 9.64 Å². The SMILES string of the molecule is COc1cc(N2CCN(C(C=O)n3nc(C(F)(F)F)c(Cl)c3C)[C@@H](CO)C2)ccc1Cl. The Hall–Kier alpha value is -2.01. The number of aliphatic hydroxyl groups is 1. The number of aldehydes is 1. The van der Waals surface area contributed by atoms with E-state index in [4.69, 9.17) is 27.9 Å². The Morgan fingerprint density at radius 1 is 1.35 bits per heavy atom. The summed E-state index contributed by atoms with van der Waals surface area (Å²) >= 11 is 11.9. The summed E-state index contributed by atoms with van der Waals surface area (Å²) in [5.41, 5.74) is -0.418. The highest BCUT2D eigenvalue weighted by molar-refractivity contribution is 6.32. The standard InChI is InChI=1S/C19H21Cl2F3N4O3/c1-11-17(21)18(19(22,23)24)25-28(11)16(10-30)27-6-5-26(8-13(27)9-29)12-3-4-14(20)15(7-12)31-2/h3-4,7,10,13,16,29H,5-6,8-9H2,1-2H3/t13-,16?/m1/s1. The fourth-order valence-electron chi connectivity index (χ4n) is 3.67. The second-order valence-corrected chi connectivity index (χ2v) is 7.86. The Labute approximate surface area is 186 Å². The van der Waals surface area contributed by atoms with Crippen molar-refractivity contribution < 1.29 is 27.8 Å². The first-order chi connectivity index (χ1) is 14.6. The van der Waals surface area contributed by atoms with Crippen molar-refractivity contribution in [2.45, 2.75) is 25.3 Å². The molecule has 1 unspecified atom stereocenters. The summed E-state index contributed by atoms with van der Waals surface area (Å²) in [4.78, 5) is 15.5. The topological polar surface area (TPSA) is 70.8 Å². The number of rotatable bonds is 6. The van der Waals surface area contributed by atoms with Gasteiger partial charge in [0.25, 0.3) is 0 Å². The third-order valence-electron chi connectivity index (χ3n) is 5.30. The molecule has 170 valence electrons. The first-order valence-corrected chi connectivity index (χ1v) is 10.1. The maximum Gasteiger partial charge on any atom is 0.436 e. The van der Waals surface area contributed by atoms with Crippen LogP contribution in [0, 0.1) is 6.92 Å². The van der Waals surface area contributed by atoms with Crippen LogP contribution in [0.1, 0.15) is 17.6 Å². The molecule has 1 N–H and O–H groups in total. The minimum Gasteiger partial charge on any atom is -0.495 e. The normalized spacial score (nSPS) is 18.8. The van der Waals surface area contributed by atoms with Crippen molar-refractivity contribution in [2.75, 3.05) is 38.3 Å². The molecule has 1 aromatic heterocycles. The molecule has 2 heterocycles. The van der Waals surface area contributed by atoms with Crippen molar-refractivity contribution in [1.82, 2.24) is 14.7 Å². The van der Waals surface area contributed by atoms with E-state index in [-0.39, 0.29) is 18.8 Å². The molecule has 0 amide bonds. The zero-order chi connectivity index (χ0) is 22.9. The fourth-order valence-corrected chi connectivity index (χ4v) is 4.10. The summed E-state index contributed by atoms with van der Waals surface area (Å²) in [6, 6.07) is 4.72. The summed E-state index contributed by atoms with van der Waals surface area (Å²) in [5.74, 6) is 0.495. The molecule has 0 spiro atoms. The molecule has 31 heavy (non-hydrogen) atoms. The number of carbonyl (C=O) groups excluding carboxylic acids is 1. The van der Waals surface area contributed by atoms with E-state index in [1.54, 1.807) is 23.1 Å². The number of nitrogens with zero attached hydrogens (tertiary/aromatic N) is 4. The zero-order valence-corrected chi connectivity index (χ0v) is 18.2. The number of benzene rings is 1. The average molecular weight is 481 g/mol. The maximum absolute atomic E-state index is 13.2. The number of hydrogen-bond donors (Lipinski definition) is 1. The molecule has 1 aliphatic rings. The van der Waals surface area contributed by atoms with Crippen LogP contribution in [0.5, 0.6) is 5.75 Å². The molecular weight excluding hydrogens is 460 g/mol. The second-order valence-electron chi connectivity index (χ2n) is 7.08. The van der Waals surface area contributed by atoms with Gasteiger partial charge in [-0.05, 0) is 19.1 Å². The van der Waals surface area contributed by atoms with Crippen molar-refractivity contribution in [2.24, 2.45) is 0 Å². The third-order valence-corrected chi connectivity index (χ3v) is 6.06. The zero-order valence-electron chi connectivity index (χ0n) is 16.7. The van der Waals surface area contributed by atoms with Gasteiger partial charge in [0.15, 0.2) is 18.1 Å². The van der Waals surface area contributed by atoms with Gasteiger partial charge in [-0.3, -0.25) is 9.69 Å². The number of hydrogen-bond acceptors (Lipinski definition) is 6. The molecule has 0 bridgehead atoms. The number of carbonyl (C=O) groups is 1. The van der Waals surface area contributed by atoms with Gasteiger partial charge >= 0.3 is 6.18 Å². The Balaban J connectivity index is 1.88. The minimum atomic E-state index is -4.75. The van der Waals surface area contributed by atoms with Crippen molar-refractivity contribution in [3.63, 3.8) is 0 Å². The van der Waals surface area contributed by atoms with Gasteiger partial charge in [-0.15, -0.1) is 0 Å². The van der Waals surface area contributed by atoms with Crippen LogP contribution in [0.25, 0.3) is 0 Å². The first-order valence-electron chi connectivity index (χ1n) is 9.34. The van der Waals surface area contributed by atoms with Gasteiger partial charge in [0, 0.05) is 31.4 Å². The molecule has 0 radical (unpaired) electrons. The van der Waals surface area contributed by atoms with Gasteiger partial charge in [0.1, 0.15) is 5.75 Å². The molecule has 1 aliphatic heterocycles. The lowest BCUT2D eigenvalue weighted by molar-refractivity contribution is -0.142. The molecule has 12 heteroatoms. The lowest BCUT2D eigenvalue weighted by Crippen LogP contribution is -2.57. The van der Waals surface area contributed by atoms with Crippen LogP contribution in [-0.2, 0) is 11.0 Å². The average Bonchev–Trinajstić information content (AvgIpc) is 3.04. The van der Waals surface area contributed by atoms with Gasteiger partial charge in [-0.1, -0.05) is 23.2 Å². The van der Waals surface area contributed by atoms with E-state index >= 15 is 0 Å². The Bertz CT molecular complexity index is 954. The minimum absolute atomic E-state index is 0.0210. The lowest BCUT2D eigenvalue weighted by atomic mass is 10.1. The number of aromatic nitrogens is 2. The summed E-state index contributed by atoms with van der Waals surface area (Å²) in [6.07, 6.45) is -5.39. The molecule has 1 aromatic carbocycles. The van der Waals surface area contributed by atoms with Crippen molar-refractivity contribution in [1.29, 1.82) is 0 Å². The summed E-state index contributed by atoms with van der Waals surface area (Å²) in [7, 11) is 1.50. The molecular formula is C19H21Cl2F3N4O3. The number of anilines is 1. The van der Waals surface area contributed by atoms with Crippen LogP contribution in [0.15, 0.2) is 18.2 Å². The molecule has 0 aliphatic carbocycles. The van der Waals surface area contributed by atoms with Gasteiger partial charge in [0.2, 0.25) is 0 Å². The summed E-state index contributed by atoms with van der Waals surface area (Å²) in [5, 5.41) is 13.4. The van der Waals surface area contributed by atoms with E-state index in [1.165, 1.54) is 14.0 Å². The van der Waals surface area contributed by atoms with Gasteiger partial charge in [-0.2, -0.15) is 18.3 Å². The molecule has 3 rings (SSSR count). The van der Waals surface area contributed by atoms with Crippen LogP contribution in [-0.4, -0.2) is 65.5 Å². The van der Waals surface area contributed by atoms with E-state index in [1.807, 2.05) is 4.90 Å². The highest BCUT2D eigenvalue weighted by Gasteiger charge is 2.41. The number of methoxy groups -OCH3 is 1. The number of piperazine rings is 1. The summed E-state index contributed by atoms with van der Waals surface area (Å²) in [6.45, 7) is 2.12. The van der Waals surface area contributed by atoms with E-state index < -0.39 is 29.1 Å². The van der Waals surface area contributed by atoms with Crippen LogP contribution in [0.3, 0.4) is 0 Å². The second kappa shape index (κ2) is 9.23. The number of ether oxygens (including phenoxy) is 1. The van der Waals surface area contributed by atoms with Gasteiger partial charge in [0.05, 0.1) is 35.5 Å². The Morgan fingerprint density at radius 3 is 2.61 bits per heavy atom. The van der Waals surface area contributed by atoms with E-state index in [0.717, 1.165) is 10.4 Å². The van der Waals surface area contributed by atoms with Gasteiger partial charge < -0.3 is 14.7 Å². The Kier molecular flexibility index (Phi) is 7.04. The van der Waals surface area contributed by atoms with E-state index in [2.05, 4.69) is 5.10 Å². The molecule has 7 nitrogen and oxygen atoms in total. The Morgan fingerprint density at radius 2 is 2.06 bits per heavy atom. The van der Waals surface area contributed by atoms with Crippen molar-refractivity contribution >= 4 is 35.2 Å². The van der Waals surface area contributed by atoms with E-state index in [9.17, 15) is 23.1 Å². The number of halogens is 5. The highest BCUT2D eigenvalue weighted by Crippen LogP contribution is 2.37. The monoisotopic (exact) mass is 480 g/mol. The van der Waals surface area contributed by atoms with Gasteiger partial charge in [-0.25, -0.2) is 4.68 Å². The fraction of sp³-hybridized carbons (Fsp3) is 0.474. The quantitative estimate of drug-likeness (QED) is 0.638. The smallest absolute Gasteiger partial charge is 0.436 e. The van der Waals surface area contributed by atoms with Crippen molar-refractivity contribution in [3.8, 4) is 5.75 Å². The summed E-state index contributed by atoms with van der Waals surface area (Å²) < 4.78 is 45.8. The van der Waals surface area contributed by atoms with E-state index in [0.29, 0.717) is 30.1 Å². The maximum atomic E-state index is 13.2. The third kappa shape index (κ3) is 4.62. The predicted molar refractivity (Wildman–Crippen MR) is 110 cm³/mol. The number of alkyl halides is 3. The molecule has 0 saturated carbocycles. The van der Waals surface area contributed by atoms with Crippen molar-refractivity contribution in [3.05, 3.63) is 39.6 Å². The molecule has 1 saturated heterocycles. The predicted octanol–water partition coefficient (Wildman–Crippen LogP) is 3.41. The highest BCUT2D eigenvalue weighted by atomic mass is 35.5. The first kappa shape index (κ1) is 23.6. The van der Waals surface area contributed by atoms with Crippen LogP contribution >= 0.6 is 23.2 Å². The largest absolute Gasteiger partial charge is 0.495 e. The molecule has 2 atom stereocenters. The van der Waals surface area contributed by atoms with Crippen LogP contribution in [0.4, 0.5) is 18.9 Å². The molecule has 1 fully saturated rings. The lowest BCUT2D eigenvalue weighted by Gasteiger charge is -2.44. The molecule has 2 aromatic rings. The number of aliphatic hydroxyl groups excluding tert-OH is 1.